The molecule has 0 aromatic heterocycles. The molecule has 3 aliphatic heterocycles. The Morgan fingerprint density at radius 3 is 1.03 bits per heavy atom. The van der Waals surface area contributed by atoms with E-state index in [0.29, 0.717) is 70.8 Å². The van der Waals surface area contributed by atoms with Crippen LogP contribution in [0.3, 0.4) is 0 Å². The number of hydrogen-bond donors (Lipinski definition) is 14. The summed E-state index contributed by atoms with van der Waals surface area (Å²) >= 11 is 0. The topological polar surface area (TPSA) is 479 Å². The molecule has 0 bridgehead atoms. The third-order valence-electron chi connectivity index (χ3n) is 16.4. The molecule has 3 aliphatic rings. The predicted molar refractivity (Wildman–Crippen MR) is 328 cm³/mol. The van der Waals surface area contributed by atoms with Gasteiger partial charge in [0.25, 0.3) is 0 Å². The van der Waals surface area contributed by atoms with Crippen LogP contribution in [-0.4, -0.2) is 283 Å². The lowest BCUT2D eigenvalue weighted by Crippen LogP contribution is -2.64. The van der Waals surface area contributed by atoms with Crippen molar-refractivity contribution in [1.82, 2.24) is 26.6 Å². The predicted octanol–water partition coefficient (Wildman–Crippen LogP) is -3.16. The van der Waals surface area contributed by atoms with Gasteiger partial charge in [-0.3, -0.25) is 43.2 Å². The van der Waals surface area contributed by atoms with Crippen LogP contribution in [0.2, 0.25) is 0 Å². The molecule has 542 valence electrons. The molecule has 0 saturated carbocycles. The third kappa shape index (κ3) is 31.7. The number of aliphatic hydroxyl groups is 9. The molecule has 94 heavy (non-hydrogen) atoms. The maximum Gasteiger partial charge on any atom is 0.222 e. The first kappa shape index (κ1) is 83.5. The van der Waals surface area contributed by atoms with Crippen LogP contribution < -0.4 is 26.6 Å². The molecule has 0 aromatic rings. The van der Waals surface area contributed by atoms with Crippen LogP contribution in [0.4, 0.5) is 0 Å². The SMILES string of the molecule is CCC(CCOCCC(=O)CCCCCC(=O)CCO[C@@H]1OC(CO)[C@H](O)[C@H](O)C1NC(C)=O)(COCCC(=O)CCCCNC(=O)CCO[C@@H]1OC(CO)[C@H](O)[C@H](O)C1NC(C)=O)COCCC(=O)NCCCCC(=O)CCO[C@@H]1OC(CO)[C@H](O)[C@H](O)C1NC(C)=O. The molecule has 3 saturated heterocycles. The number of nitrogens with one attached hydrogen (secondary N) is 5. The van der Waals surface area contributed by atoms with Crippen LogP contribution in [0.15, 0.2) is 0 Å². The smallest absolute Gasteiger partial charge is 0.222 e. The van der Waals surface area contributed by atoms with Crippen LogP contribution in [0, 0.1) is 5.41 Å². The molecule has 0 aliphatic carbocycles. The van der Waals surface area contributed by atoms with E-state index in [1.165, 1.54) is 20.8 Å². The Morgan fingerprint density at radius 1 is 0.383 bits per heavy atom. The zero-order valence-corrected chi connectivity index (χ0v) is 54.9. The molecule has 32 nitrogen and oxygen atoms in total. The van der Waals surface area contributed by atoms with Crippen LogP contribution >= 0.6 is 0 Å². The Hall–Kier alpha value is -4.69. The highest BCUT2D eigenvalue weighted by molar-refractivity contribution is 5.80. The molecule has 7 unspecified atom stereocenters. The molecule has 32 heteroatoms. The molecule has 16 atom stereocenters. The van der Waals surface area contributed by atoms with Crippen LogP contribution in [0.1, 0.15) is 150 Å². The maximum absolute atomic E-state index is 12.9. The molecular formula is C62H107N5O27. The summed E-state index contributed by atoms with van der Waals surface area (Å²) in [6.07, 6.45) is -9.95. The Bertz CT molecular complexity index is 2170. The van der Waals surface area contributed by atoms with Crippen LogP contribution in [0.5, 0.6) is 0 Å². The Labute approximate surface area is 548 Å². The maximum atomic E-state index is 12.9. The average molecular weight is 1350 g/mol. The molecule has 14 N–H and O–H groups in total. The van der Waals surface area contributed by atoms with E-state index < -0.39 is 135 Å². The fourth-order valence-corrected chi connectivity index (χ4v) is 10.6. The number of unbranched alkanes of at least 4 members (excludes halogenated alkanes) is 4. The van der Waals surface area contributed by atoms with Crippen molar-refractivity contribution in [3.8, 4) is 0 Å². The molecule has 0 aromatic carbocycles. The number of ether oxygens (including phenoxy) is 9. The van der Waals surface area contributed by atoms with Crippen molar-refractivity contribution in [3.63, 3.8) is 0 Å². The summed E-state index contributed by atoms with van der Waals surface area (Å²) in [4.78, 5) is 111. The average Bonchev–Trinajstić information content (AvgIpc) is 0.830. The second-order valence-corrected chi connectivity index (χ2v) is 24.1. The lowest BCUT2D eigenvalue weighted by molar-refractivity contribution is -0.270. The second-order valence-electron chi connectivity index (χ2n) is 24.1. The van der Waals surface area contributed by atoms with E-state index in [1.807, 2.05) is 6.92 Å². The number of aliphatic hydroxyl groups excluding tert-OH is 9. The molecule has 3 heterocycles. The first-order valence-corrected chi connectivity index (χ1v) is 32.8. The fourth-order valence-electron chi connectivity index (χ4n) is 10.6. The van der Waals surface area contributed by atoms with E-state index in [2.05, 4.69) is 26.6 Å². The largest absolute Gasteiger partial charge is 0.394 e. The number of amides is 5. The minimum Gasteiger partial charge on any atom is -0.394 e. The summed E-state index contributed by atoms with van der Waals surface area (Å²) in [6.45, 7) is 5.05. The summed E-state index contributed by atoms with van der Waals surface area (Å²) in [5.74, 6) is -2.42. The van der Waals surface area contributed by atoms with Crippen LogP contribution in [-0.2, 0) is 85.8 Å². The van der Waals surface area contributed by atoms with Gasteiger partial charge in [-0.1, -0.05) is 13.3 Å². The van der Waals surface area contributed by atoms with Gasteiger partial charge < -0.3 is 115 Å². The Balaban J connectivity index is 1.39. The number of rotatable bonds is 51. The molecule has 3 fully saturated rings. The number of hydrogen-bond acceptors (Lipinski definition) is 27. The van der Waals surface area contributed by atoms with Gasteiger partial charge in [0, 0.05) is 104 Å². The molecule has 5 amide bonds. The molecular weight excluding hydrogens is 1250 g/mol. The van der Waals surface area contributed by atoms with Gasteiger partial charge in [0.05, 0.1) is 79.1 Å². The van der Waals surface area contributed by atoms with Crippen molar-refractivity contribution in [2.75, 3.05) is 92.4 Å². The Morgan fingerprint density at radius 2 is 0.691 bits per heavy atom. The zero-order valence-electron chi connectivity index (χ0n) is 54.9. The summed E-state index contributed by atoms with van der Waals surface area (Å²) < 4.78 is 51.5. The van der Waals surface area contributed by atoms with Crippen molar-refractivity contribution < 1.29 is 132 Å². The quantitative estimate of drug-likeness (QED) is 0.0267. The first-order chi connectivity index (χ1) is 44.9. The fraction of sp³-hybridized carbons (Fsp3) is 0.855. The normalized spacial score (nSPS) is 26.8. The molecule has 0 spiro atoms. The van der Waals surface area contributed by atoms with Gasteiger partial charge in [0.1, 0.15) is 96.2 Å². The Kier molecular flexibility index (Phi) is 41.3. The minimum atomic E-state index is -1.49. The number of Topliss-reactive ketones (excluding diaryl/α,β-unsaturated/α-hetero) is 4. The van der Waals surface area contributed by atoms with E-state index in [9.17, 15) is 89.1 Å². The van der Waals surface area contributed by atoms with Gasteiger partial charge in [-0.15, -0.1) is 0 Å². The van der Waals surface area contributed by atoms with Crippen molar-refractivity contribution in [1.29, 1.82) is 0 Å². The first-order valence-electron chi connectivity index (χ1n) is 32.8. The van der Waals surface area contributed by atoms with Gasteiger partial charge in [-0.2, -0.15) is 0 Å². The van der Waals surface area contributed by atoms with Gasteiger partial charge in [-0.05, 0) is 51.4 Å². The van der Waals surface area contributed by atoms with E-state index in [-0.39, 0.29) is 159 Å². The summed E-state index contributed by atoms with van der Waals surface area (Å²) in [7, 11) is 0. The molecule has 0 radical (unpaired) electrons. The van der Waals surface area contributed by atoms with Crippen molar-refractivity contribution >= 4 is 52.7 Å². The van der Waals surface area contributed by atoms with Crippen molar-refractivity contribution in [2.24, 2.45) is 5.41 Å². The van der Waals surface area contributed by atoms with Gasteiger partial charge in [0.15, 0.2) is 18.9 Å². The highest BCUT2D eigenvalue weighted by Crippen LogP contribution is 2.29. The summed E-state index contributed by atoms with van der Waals surface area (Å²) in [6, 6.07) is -3.38. The minimum absolute atomic E-state index is 0.00430. The lowest BCUT2D eigenvalue weighted by Gasteiger charge is -2.42. The third-order valence-corrected chi connectivity index (χ3v) is 16.4. The van der Waals surface area contributed by atoms with Crippen LogP contribution in [0.25, 0.3) is 0 Å². The number of carbonyl (C=O) groups is 9. The standard InChI is InChI=1S/C62H107N5O27/c1-5-62(36-87-27-18-42(75)15-9-11-25-64-49(79)22-31-91-61-52(67-40(4)73)58(85)55(82)47(35-70)94-61,37-88-28-21-48(78)63-24-12-10-16-44(77)20-30-90-60-51(66-39(3)72)57(84)54(81)46(34-69)93-60)23-32-86-26-17-41(74)13-7-6-8-14-43(76)19-29-89-59-50(65-38(2)71)56(83)53(80)45(33-68)92-59/h45-47,50-61,68-70,80-85H,5-37H2,1-4H3,(H,63,78)(H,64,79)(H,65,71)(H,66,72)(H,67,73)/t45?,46?,47?,50?,51?,52?,53-,54-,55-,56+,57+,58+,59+,60+,61+,62?/m0/s1. The summed E-state index contributed by atoms with van der Waals surface area (Å²) in [5.41, 5.74) is -0.591. The second kappa shape index (κ2) is 46.5. The molecule has 3 rings (SSSR count). The van der Waals surface area contributed by atoms with Gasteiger partial charge >= 0.3 is 0 Å². The van der Waals surface area contributed by atoms with E-state index in [4.69, 9.17) is 42.6 Å². The van der Waals surface area contributed by atoms with Crippen molar-refractivity contribution in [3.05, 3.63) is 0 Å². The zero-order chi connectivity index (χ0) is 69.6. The summed E-state index contributed by atoms with van der Waals surface area (Å²) in [5, 5.41) is 103. The van der Waals surface area contributed by atoms with E-state index in [1.54, 1.807) is 0 Å². The van der Waals surface area contributed by atoms with E-state index in [0.717, 1.165) is 0 Å². The van der Waals surface area contributed by atoms with E-state index >= 15 is 0 Å². The monoisotopic (exact) mass is 1350 g/mol. The highest BCUT2D eigenvalue weighted by atomic mass is 16.7. The van der Waals surface area contributed by atoms with Crippen molar-refractivity contribution in [2.45, 2.75) is 242 Å². The highest BCUT2D eigenvalue weighted by Gasteiger charge is 2.48. The number of ketones is 4. The lowest BCUT2D eigenvalue weighted by atomic mass is 9.83. The van der Waals surface area contributed by atoms with Gasteiger partial charge in [-0.25, -0.2) is 0 Å². The number of carbonyl (C=O) groups excluding carboxylic acids is 9. The van der Waals surface area contributed by atoms with Gasteiger partial charge in [0.2, 0.25) is 29.5 Å².